The minimum atomic E-state index is -0.410. The van der Waals surface area contributed by atoms with Gasteiger partial charge in [-0.3, -0.25) is 0 Å². The predicted molar refractivity (Wildman–Crippen MR) is 134 cm³/mol. The van der Waals surface area contributed by atoms with Crippen LogP contribution in [0, 0.1) is 40.0 Å². The van der Waals surface area contributed by atoms with Gasteiger partial charge in [-0.2, -0.15) is 4.90 Å². The van der Waals surface area contributed by atoms with E-state index in [0.29, 0.717) is 48.0 Å². The number of aliphatic hydroxyl groups is 1. The van der Waals surface area contributed by atoms with Gasteiger partial charge in [0.25, 0.3) is 0 Å². The molecule has 3 atom stereocenters. The molecule has 1 saturated heterocycles. The van der Waals surface area contributed by atoms with E-state index in [2.05, 4.69) is 42.3 Å². The zero-order chi connectivity index (χ0) is 24.2. The van der Waals surface area contributed by atoms with Crippen LogP contribution in [-0.2, 0) is 4.74 Å². The van der Waals surface area contributed by atoms with Crippen LogP contribution < -0.4 is 5.43 Å². The standard InChI is InChI=1S/C26H37N4O4/c1-17(2)24-13-21(18(3)12-22(24)15-29-10-8-19(16-31)9-11-29)14-25-27-28-26(34-25)20-4-6-23(7-5-20)30(32)33/h4-7,12,17,19,21-22,24,28,31H,8-11,13-16H2,1-3H3/q-1. The number of piperidine rings is 1. The summed E-state index contributed by atoms with van der Waals surface area (Å²) in [7, 11) is 0. The number of nitrogens with one attached hydrogen (secondary N) is 1. The van der Waals surface area contributed by atoms with Gasteiger partial charge in [-0.05, 0) is 81.0 Å². The number of hydrogen-bond donors (Lipinski definition) is 2. The molecular formula is C26H37N4O4-. The molecule has 8 nitrogen and oxygen atoms in total. The van der Waals surface area contributed by atoms with Crippen molar-refractivity contribution in [3.8, 4) is 0 Å². The first kappa shape index (κ1) is 24.5. The highest BCUT2D eigenvalue weighted by Crippen LogP contribution is 2.40. The molecule has 3 unspecified atom stereocenters. The smallest absolute Gasteiger partial charge is 0.222 e. The average Bonchev–Trinajstić information content (AvgIpc) is 3.29. The molecular weight excluding hydrogens is 432 g/mol. The molecule has 2 N–H and O–H groups in total. The van der Waals surface area contributed by atoms with Crippen LogP contribution in [0.4, 0.5) is 0 Å². The lowest BCUT2D eigenvalue weighted by molar-refractivity contribution is -0.377. The molecule has 0 aromatic heterocycles. The van der Waals surface area contributed by atoms with Crippen LogP contribution in [0.1, 0.15) is 46.5 Å². The van der Waals surface area contributed by atoms with E-state index in [4.69, 9.17) is 4.74 Å². The first-order valence-electron chi connectivity index (χ1n) is 12.5. The van der Waals surface area contributed by atoms with E-state index in [1.165, 1.54) is 17.7 Å². The van der Waals surface area contributed by atoms with E-state index < -0.39 is 4.90 Å². The number of hydrogen-bond acceptors (Lipinski definition) is 7. The quantitative estimate of drug-likeness (QED) is 0.349. The maximum absolute atomic E-state index is 10.9. The van der Waals surface area contributed by atoms with Gasteiger partial charge in [-0.1, -0.05) is 25.5 Å². The third-order valence-corrected chi connectivity index (χ3v) is 7.78. The molecule has 0 spiro atoms. The summed E-state index contributed by atoms with van der Waals surface area (Å²) in [6.45, 7) is 10.5. The molecule has 0 saturated carbocycles. The molecule has 34 heavy (non-hydrogen) atoms. The Balaban J connectivity index is 1.37. The minimum Gasteiger partial charge on any atom is -0.612 e. The van der Waals surface area contributed by atoms with Crippen molar-refractivity contribution in [2.75, 3.05) is 26.2 Å². The number of rotatable bonds is 6. The van der Waals surface area contributed by atoms with Crippen molar-refractivity contribution in [3.05, 3.63) is 57.8 Å². The second kappa shape index (κ2) is 10.8. The predicted octanol–water partition coefficient (Wildman–Crippen LogP) is 3.66. The van der Waals surface area contributed by atoms with Crippen molar-refractivity contribution in [1.82, 2.24) is 10.3 Å². The number of allylic oxidation sites excluding steroid dienone is 6. The molecule has 0 aromatic rings. The Morgan fingerprint density at radius 2 is 1.91 bits per heavy atom. The van der Waals surface area contributed by atoms with Crippen molar-refractivity contribution in [2.45, 2.75) is 46.5 Å². The maximum Gasteiger partial charge on any atom is 0.222 e. The molecule has 4 rings (SSSR count). The maximum atomic E-state index is 10.9. The van der Waals surface area contributed by atoms with Crippen molar-refractivity contribution in [3.63, 3.8) is 0 Å². The molecule has 4 aliphatic rings. The van der Waals surface area contributed by atoms with Crippen LogP contribution in [0.15, 0.2) is 52.5 Å². The van der Waals surface area contributed by atoms with Crippen LogP contribution in [0.3, 0.4) is 0 Å². The lowest BCUT2D eigenvalue weighted by atomic mass is 9.69. The third-order valence-electron chi connectivity index (χ3n) is 7.78. The Morgan fingerprint density at radius 3 is 2.53 bits per heavy atom. The van der Waals surface area contributed by atoms with Gasteiger partial charge in [0.1, 0.15) is 0 Å². The van der Waals surface area contributed by atoms with Crippen molar-refractivity contribution in [2.24, 2.45) is 34.7 Å². The van der Waals surface area contributed by atoms with Crippen LogP contribution in [-0.4, -0.2) is 52.8 Å². The van der Waals surface area contributed by atoms with Crippen molar-refractivity contribution < 1.29 is 14.7 Å². The molecule has 1 fully saturated rings. The van der Waals surface area contributed by atoms with Gasteiger partial charge in [0.2, 0.25) is 17.5 Å². The second-order valence-electron chi connectivity index (χ2n) is 10.4. The highest BCUT2D eigenvalue weighted by Gasteiger charge is 2.34. The van der Waals surface area contributed by atoms with E-state index >= 15 is 0 Å². The highest BCUT2D eigenvalue weighted by atomic mass is 16.8. The summed E-state index contributed by atoms with van der Waals surface area (Å²) in [5, 5.41) is 35.6. The summed E-state index contributed by atoms with van der Waals surface area (Å²) in [6, 6.07) is 0. The third kappa shape index (κ3) is 5.73. The zero-order valence-corrected chi connectivity index (χ0v) is 20.4. The average molecular weight is 470 g/mol. The first-order chi connectivity index (χ1) is 16.3. The van der Waals surface area contributed by atoms with Gasteiger partial charge in [0.15, 0.2) is 0 Å². The van der Waals surface area contributed by atoms with Gasteiger partial charge in [-0.15, -0.1) is 5.10 Å². The van der Waals surface area contributed by atoms with Gasteiger partial charge in [0.05, 0.1) is 0 Å². The Labute approximate surface area is 202 Å². The van der Waals surface area contributed by atoms with Crippen LogP contribution in [0.5, 0.6) is 0 Å². The normalized spacial score (nSPS) is 28.1. The van der Waals surface area contributed by atoms with E-state index in [9.17, 15) is 15.5 Å². The molecule has 2 heterocycles. The van der Waals surface area contributed by atoms with Crippen LogP contribution in [0.25, 0.3) is 0 Å². The lowest BCUT2D eigenvalue weighted by Gasteiger charge is -2.41. The van der Waals surface area contributed by atoms with Gasteiger partial charge >= 0.3 is 0 Å². The number of hydrazone groups is 1. The fourth-order valence-corrected chi connectivity index (χ4v) is 5.57. The number of aliphatic hydroxyl groups excluding tert-OH is 1. The summed E-state index contributed by atoms with van der Waals surface area (Å²) in [4.78, 5) is 2.17. The topological polar surface area (TPSA) is 106 Å². The number of nitrogens with zero attached hydrogens (tertiary/aromatic N) is 3. The van der Waals surface area contributed by atoms with Crippen LogP contribution in [0.2, 0.25) is 0 Å². The summed E-state index contributed by atoms with van der Waals surface area (Å²) >= 11 is 0. The van der Waals surface area contributed by atoms with E-state index in [1.54, 1.807) is 12.2 Å². The zero-order valence-electron chi connectivity index (χ0n) is 20.4. The van der Waals surface area contributed by atoms with Gasteiger partial charge in [0, 0.05) is 37.3 Å². The van der Waals surface area contributed by atoms with E-state index in [-0.39, 0.29) is 5.71 Å². The first-order valence-corrected chi connectivity index (χ1v) is 12.5. The molecule has 0 aromatic carbocycles. The van der Waals surface area contributed by atoms with Gasteiger partial charge < -0.3 is 25.2 Å². The fraction of sp³-hybridized carbons (Fsp3) is 0.615. The lowest BCUT2D eigenvalue weighted by Crippen LogP contribution is -2.41. The monoisotopic (exact) mass is 469 g/mol. The fourth-order valence-electron chi connectivity index (χ4n) is 5.57. The summed E-state index contributed by atoms with van der Waals surface area (Å²) in [5.41, 5.74) is 5.15. The molecule has 2 aliphatic carbocycles. The van der Waals surface area contributed by atoms with E-state index in [1.807, 2.05) is 0 Å². The van der Waals surface area contributed by atoms with E-state index in [0.717, 1.165) is 50.9 Å². The molecule has 186 valence electrons. The number of ether oxygens (including phenoxy) is 1. The Hall–Kier alpha value is -2.58. The SMILES string of the molecule is CC1=CC(CN2CCC(CO)CC2)C(C(C)C)CC1CC1=NNC(=C2C=CC(=[N+]([O-])[O-])C=C2)O1. The summed E-state index contributed by atoms with van der Waals surface area (Å²) in [5.74, 6) is 3.80. The summed E-state index contributed by atoms with van der Waals surface area (Å²) in [6.07, 6.45) is 12.8. The second-order valence-corrected chi connectivity index (χ2v) is 10.4. The Morgan fingerprint density at radius 1 is 1.21 bits per heavy atom. The number of likely N-dealkylation sites (tertiary alicyclic amines) is 1. The molecule has 0 amide bonds. The molecule has 8 heteroatoms. The minimum absolute atomic E-state index is 0.0542. The van der Waals surface area contributed by atoms with Gasteiger partial charge in [-0.25, -0.2) is 5.43 Å². The highest BCUT2D eigenvalue weighted by molar-refractivity contribution is 6.02. The molecule has 0 radical (unpaired) electrons. The van der Waals surface area contributed by atoms with Crippen molar-refractivity contribution >= 4 is 11.6 Å². The molecule has 0 bridgehead atoms. The van der Waals surface area contributed by atoms with Crippen molar-refractivity contribution in [1.29, 1.82) is 0 Å². The summed E-state index contributed by atoms with van der Waals surface area (Å²) < 4.78 is 5.99. The Bertz CT molecular complexity index is 916. The molecule has 2 aliphatic heterocycles. The van der Waals surface area contributed by atoms with Crippen LogP contribution >= 0.6 is 0 Å². The Kier molecular flexibility index (Phi) is 7.78. The largest absolute Gasteiger partial charge is 0.612 e.